The Labute approximate surface area is 120 Å². The van der Waals surface area contributed by atoms with Crippen LogP contribution < -0.4 is 5.32 Å². The van der Waals surface area contributed by atoms with Crippen LogP contribution in [-0.4, -0.2) is 12.1 Å². The summed E-state index contributed by atoms with van der Waals surface area (Å²) in [5.74, 6) is 0.559. The van der Waals surface area contributed by atoms with E-state index in [9.17, 15) is 0 Å². The molecule has 1 rings (SSSR count). The second-order valence-corrected chi connectivity index (χ2v) is 6.94. The molecule has 0 heterocycles. The molecule has 0 saturated heterocycles. The van der Waals surface area contributed by atoms with Crippen LogP contribution in [0.25, 0.3) is 6.08 Å². The van der Waals surface area contributed by atoms with Crippen LogP contribution in [0.4, 0.5) is 0 Å². The average Bonchev–Trinajstić information content (AvgIpc) is 2.25. The van der Waals surface area contributed by atoms with Crippen molar-refractivity contribution in [1.82, 2.24) is 5.32 Å². The van der Waals surface area contributed by atoms with E-state index in [-0.39, 0.29) is 5.54 Å². The van der Waals surface area contributed by atoms with Gasteiger partial charge in [0.15, 0.2) is 0 Å². The molecule has 0 radical (unpaired) electrons. The van der Waals surface area contributed by atoms with Crippen LogP contribution in [0.2, 0.25) is 0 Å². The van der Waals surface area contributed by atoms with Gasteiger partial charge >= 0.3 is 0 Å². The molecule has 0 bridgehead atoms. The first-order chi connectivity index (χ1) is 8.28. The molecular weight excluding hydrogens is 286 g/mol. The van der Waals surface area contributed by atoms with Crippen molar-refractivity contribution in [2.24, 2.45) is 5.92 Å². The maximum Gasteiger partial charge on any atom is 0.0175 e. The Bertz CT molecular complexity index is 396. The Balaban J connectivity index is 2.81. The van der Waals surface area contributed by atoms with E-state index in [0.717, 1.165) is 11.0 Å². The number of rotatable bonds is 4. The fraction of sp³-hybridized carbons (Fsp3) is 0.500. The lowest BCUT2D eigenvalue weighted by Gasteiger charge is -2.23. The molecular formula is C16H24BrN. The zero-order chi connectivity index (χ0) is 13.8. The van der Waals surface area contributed by atoms with E-state index in [1.54, 1.807) is 0 Å². The smallest absolute Gasteiger partial charge is 0.0175 e. The van der Waals surface area contributed by atoms with Gasteiger partial charge in [0, 0.05) is 16.6 Å². The summed E-state index contributed by atoms with van der Waals surface area (Å²) in [7, 11) is 0. The maximum atomic E-state index is 3.56. The molecule has 1 N–H and O–H groups in total. The van der Waals surface area contributed by atoms with Crippen LogP contribution in [0.3, 0.4) is 0 Å². The van der Waals surface area contributed by atoms with E-state index in [1.165, 1.54) is 11.1 Å². The summed E-state index contributed by atoms with van der Waals surface area (Å²) in [6.45, 7) is 12.0. The molecule has 0 aliphatic carbocycles. The number of benzene rings is 1. The molecule has 0 spiro atoms. The SMILES string of the molecule is CC(C)C(=Cc1ccc(Br)cc1)CNC(C)(C)C. The quantitative estimate of drug-likeness (QED) is 0.836. The van der Waals surface area contributed by atoms with Crippen molar-refractivity contribution in [2.75, 3.05) is 6.54 Å². The summed E-state index contributed by atoms with van der Waals surface area (Å²) in [6, 6.07) is 8.45. The van der Waals surface area contributed by atoms with Gasteiger partial charge in [-0.15, -0.1) is 0 Å². The molecule has 1 nitrogen and oxygen atoms in total. The molecule has 0 aliphatic heterocycles. The van der Waals surface area contributed by atoms with Crippen LogP contribution in [0.15, 0.2) is 34.3 Å². The molecule has 0 unspecified atom stereocenters. The third kappa shape index (κ3) is 5.83. The first-order valence-electron chi connectivity index (χ1n) is 6.49. The lowest BCUT2D eigenvalue weighted by Crippen LogP contribution is -2.37. The van der Waals surface area contributed by atoms with Gasteiger partial charge in [-0.2, -0.15) is 0 Å². The number of nitrogens with one attached hydrogen (secondary N) is 1. The molecule has 1 aromatic carbocycles. The summed E-state index contributed by atoms with van der Waals surface area (Å²) in [4.78, 5) is 0. The molecule has 0 amide bonds. The summed E-state index contributed by atoms with van der Waals surface area (Å²) < 4.78 is 1.12. The van der Waals surface area contributed by atoms with Gasteiger partial charge in [-0.05, 0) is 44.4 Å². The van der Waals surface area contributed by atoms with Crippen molar-refractivity contribution in [2.45, 2.75) is 40.2 Å². The fourth-order valence-electron chi connectivity index (χ4n) is 1.56. The predicted molar refractivity (Wildman–Crippen MR) is 84.7 cm³/mol. The van der Waals surface area contributed by atoms with Crippen LogP contribution in [0.1, 0.15) is 40.2 Å². The van der Waals surface area contributed by atoms with Gasteiger partial charge < -0.3 is 5.32 Å². The van der Waals surface area contributed by atoms with Gasteiger partial charge in [0.1, 0.15) is 0 Å². The first kappa shape index (κ1) is 15.5. The van der Waals surface area contributed by atoms with Crippen molar-refractivity contribution in [1.29, 1.82) is 0 Å². The highest BCUT2D eigenvalue weighted by molar-refractivity contribution is 9.10. The average molecular weight is 310 g/mol. The topological polar surface area (TPSA) is 12.0 Å². The zero-order valence-corrected chi connectivity index (χ0v) is 13.6. The Hall–Kier alpha value is -0.600. The standard InChI is InChI=1S/C16H24BrN/c1-12(2)14(11-18-16(3,4)5)10-13-6-8-15(17)9-7-13/h6-10,12,18H,11H2,1-5H3. The highest BCUT2D eigenvalue weighted by atomic mass is 79.9. The third-order valence-corrected chi connectivity index (χ3v) is 3.32. The van der Waals surface area contributed by atoms with Gasteiger partial charge in [0.2, 0.25) is 0 Å². The molecule has 0 aliphatic rings. The van der Waals surface area contributed by atoms with Crippen LogP contribution >= 0.6 is 15.9 Å². The minimum atomic E-state index is 0.160. The first-order valence-corrected chi connectivity index (χ1v) is 7.28. The lowest BCUT2D eigenvalue weighted by atomic mass is 9.99. The minimum Gasteiger partial charge on any atom is -0.308 e. The largest absolute Gasteiger partial charge is 0.308 e. The Morgan fingerprint density at radius 1 is 1.22 bits per heavy atom. The molecule has 1 aromatic rings. The molecule has 100 valence electrons. The third-order valence-electron chi connectivity index (χ3n) is 2.79. The second kappa shape index (κ2) is 6.53. The van der Waals surface area contributed by atoms with Crippen molar-refractivity contribution < 1.29 is 0 Å². The molecule has 18 heavy (non-hydrogen) atoms. The van der Waals surface area contributed by atoms with E-state index >= 15 is 0 Å². The van der Waals surface area contributed by atoms with Crippen molar-refractivity contribution in [3.05, 3.63) is 39.9 Å². The number of hydrogen-bond acceptors (Lipinski definition) is 1. The maximum absolute atomic E-state index is 3.56. The highest BCUT2D eigenvalue weighted by Crippen LogP contribution is 2.17. The Morgan fingerprint density at radius 3 is 2.22 bits per heavy atom. The molecule has 0 saturated carbocycles. The second-order valence-electron chi connectivity index (χ2n) is 6.03. The molecule has 2 heteroatoms. The van der Waals surface area contributed by atoms with Gasteiger partial charge in [0.25, 0.3) is 0 Å². The van der Waals surface area contributed by atoms with Crippen LogP contribution in [-0.2, 0) is 0 Å². The van der Waals surface area contributed by atoms with Gasteiger partial charge in [-0.25, -0.2) is 0 Å². The summed E-state index contributed by atoms with van der Waals surface area (Å²) in [5.41, 5.74) is 2.86. The van der Waals surface area contributed by atoms with Crippen LogP contribution in [0.5, 0.6) is 0 Å². The molecule has 0 atom stereocenters. The van der Waals surface area contributed by atoms with Crippen molar-refractivity contribution >= 4 is 22.0 Å². The number of halogens is 1. The van der Waals surface area contributed by atoms with Gasteiger partial charge in [-0.1, -0.05) is 53.6 Å². The predicted octanol–water partition coefficient (Wildman–Crippen LogP) is 4.88. The van der Waals surface area contributed by atoms with Gasteiger partial charge in [0.05, 0.1) is 0 Å². The van der Waals surface area contributed by atoms with E-state index in [1.807, 2.05) is 0 Å². The van der Waals surface area contributed by atoms with Crippen molar-refractivity contribution in [3.63, 3.8) is 0 Å². The van der Waals surface area contributed by atoms with E-state index in [0.29, 0.717) is 5.92 Å². The van der Waals surface area contributed by atoms with E-state index in [2.05, 4.69) is 86.2 Å². The van der Waals surface area contributed by atoms with E-state index in [4.69, 9.17) is 0 Å². The van der Waals surface area contributed by atoms with E-state index < -0.39 is 0 Å². The number of hydrogen-bond donors (Lipinski definition) is 1. The minimum absolute atomic E-state index is 0.160. The highest BCUT2D eigenvalue weighted by Gasteiger charge is 2.11. The van der Waals surface area contributed by atoms with Gasteiger partial charge in [-0.3, -0.25) is 0 Å². The normalized spacial score (nSPS) is 13.2. The molecule has 0 fully saturated rings. The van der Waals surface area contributed by atoms with Crippen LogP contribution in [0, 0.1) is 5.92 Å². The lowest BCUT2D eigenvalue weighted by molar-refractivity contribution is 0.437. The van der Waals surface area contributed by atoms with Crippen molar-refractivity contribution in [3.8, 4) is 0 Å². The summed E-state index contributed by atoms with van der Waals surface area (Å²) in [6.07, 6.45) is 2.29. The summed E-state index contributed by atoms with van der Waals surface area (Å²) >= 11 is 3.46. The summed E-state index contributed by atoms with van der Waals surface area (Å²) in [5, 5.41) is 3.56. The Kier molecular flexibility index (Phi) is 5.61. The monoisotopic (exact) mass is 309 g/mol. The fourth-order valence-corrected chi connectivity index (χ4v) is 1.83. The molecule has 0 aromatic heterocycles. The zero-order valence-electron chi connectivity index (χ0n) is 12.0. The Morgan fingerprint density at radius 2 is 1.78 bits per heavy atom.